The van der Waals surface area contributed by atoms with Crippen LogP contribution in [0.25, 0.3) is 0 Å². The first-order valence-corrected chi connectivity index (χ1v) is 13.1. The number of halogens is 1. The predicted octanol–water partition coefficient (Wildman–Crippen LogP) is 7.32. The van der Waals surface area contributed by atoms with Crippen molar-refractivity contribution < 1.29 is 19.2 Å². The Bertz CT molecular complexity index is 588. The van der Waals surface area contributed by atoms with E-state index in [0.717, 1.165) is 0 Å². The maximum absolute atomic E-state index is 7.03. The maximum atomic E-state index is 7.03. The van der Waals surface area contributed by atoms with Gasteiger partial charge in [-0.1, -0.05) is 0 Å². The molecule has 0 aromatic heterocycles. The first-order valence-electron chi connectivity index (χ1n) is 9.67. The van der Waals surface area contributed by atoms with Crippen LogP contribution >= 0.6 is 18.9 Å². The van der Waals surface area contributed by atoms with Gasteiger partial charge in [-0.05, 0) is 0 Å². The number of benzene rings is 1. The molecule has 1 atom stereocenters. The Morgan fingerprint density at radius 3 is 1.19 bits per heavy atom. The Labute approximate surface area is 180 Å². The van der Waals surface area contributed by atoms with E-state index in [9.17, 15) is 0 Å². The van der Waals surface area contributed by atoms with Gasteiger partial charge in [0.25, 0.3) is 0 Å². The van der Waals surface area contributed by atoms with Crippen molar-refractivity contribution in [1.29, 1.82) is 0 Å². The van der Waals surface area contributed by atoms with Crippen LogP contribution in [0.5, 0.6) is 0 Å². The molecular weight excluding hydrogens is 449 g/mol. The van der Waals surface area contributed by atoms with Crippen LogP contribution in [-0.4, -0.2) is 13.9 Å². The number of hydrogen-bond acceptors (Lipinski definition) is 0. The normalized spacial score (nSPS) is 16.6. The zero-order valence-corrected chi connectivity index (χ0v) is 22.3. The monoisotopic (exact) mass is 489 g/mol. The molecule has 155 valence electrons. The van der Waals surface area contributed by atoms with E-state index in [-0.39, 0.29) is 24.7 Å². The van der Waals surface area contributed by atoms with Gasteiger partial charge in [-0.25, -0.2) is 0 Å². The second-order valence-electron chi connectivity index (χ2n) is 11.9. The summed E-state index contributed by atoms with van der Waals surface area (Å²) < 4.78 is 0.00790. The molecule has 0 spiro atoms. The third kappa shape index (κ3) is 4.60. The third-order valence-electron chi connectivity index (χ3n) is 5.79. The summed E-state index contributed by atoms with van der Waals surface area (Å²) in [5, 5.41) is 1.74. The molecule has 0 radical (unpaired) electrons. The second kappa shape index (κ2) is 7.45. The molecule has 0 fully saturated rings. The van der Waals surface area contributed by atoms with E-state index in [4.69, 9.17) is 11.6 Å². The van der Waals surface area contributed by atoms with E-state index >= 15 is 0 Å². The number of hydrogen-bond donors (Lipinski definition) is 0. The molecule has 0 N–H and O–H groups in total. The van der Waals surface area contributed by atoms with Crippen molar-refractivity contribution in [2.45, 2.75) is 108 Å². The Kier molecular flexibility index (Phi) is 7.06. The average Bonchev–Trinajstić information content (AvgIpc) is 2.32. The van der Waals surface area contributed by atoms with E-state index in [1.807, 2.05) is 0 Å². The van der Waals surface area contributed by atoms with Crippen LogP contribution in [0.15, 0.2) is 18.2 Å². The predicted molar refractivity (Wildman–Crippen MR) is 121 cm³/mol. The minimum absolute atomic E-state index is 0.00790. The summed E-state index contributed by atoms with van der Waals surface area (Å²) in [7, 11) is -2.17. The molecule has 1 aromatic carbocycles. The Morgan fingerprint density at radius 1 is 0.692 bits per heavy atom. The molecule has 0 aliphatic carbocycles. The molecule has 0 saturated carbocycles. The molecule has 26 heavy (non-hydrogen) atoms. The number of rotatable bonds is 2. The van der Waals surface area contributed by atoms with Gasteiger partial charge in [-0.15, -0.1) is 0 Å². The molecule has 0 saturated heterocycles. The molecule has 0 aliphatic rings. The summed E-state index contributed by atoms with van der Waals surface area (Å²) in [6.45, 7) is 28.2. The van der Waals surface area contributed by atoms with Gasteiger partial charge in [0.2, 0.25) is 0 Å². The van der Waals surface area contributed by atoms with E-state index < -0.39 is 7.26 Å². The summed E-state index contributed by atoms with van der Waals surface area (Å²) in [6.07, 6.45) is 0. The second-order valence-corrected chi connectivity index (χ2v) is 20.6. The quantitative estimate of drug-likeness (QED) is 0.232. The molecule has 0 amide bonds. The van der Waals surface area contributed by atoms with Crippen LogP contribution in [0.2, 0.25) is 0 Å². The molecule has 3 heteroatoms. The molecule has 0 bridgehead atoms. The fourth-order valence-electron chi connectivity index (χ4n) is 4.43. The van der Waals surface area contributed by atoms with Crippen molar-refractivity contribution in [2.24, 2.45) is 0 Å². The SMILES string of the molecule is CC(C)(C)c1cc(C(C)(C)C)cc([PH]([CH](Cl)[Pd])(C(C)(C)C)C(C)(C)C)c1. The molecule has 0 nitrogen and oxygen atoms in total. The van der Waals surface area contributed by atoms with E-state index in [0.29, 0.717) is 0 Å². The van der Waals surface area contributed by atoms with Crippen LogP contribution in [0.1, 0.15) is 94.2 Å². The minimum atomic E-state index is -2.17. The van der Waals surface area contributed by atoms with Crippen LogP contribution < -0.4 is 5.30 Å². The van der Waals surface area contributed by atoms with Crippen molar-refractivity contribution >= 4 is 24.2 Å². The van der Waals surface area contributed by atoms with Gasteiger partial charge in [-0.2, -0.15) is 0 Å². The van der Waals surface area contributed by atoms with Crippen LogP contribution in [0.4, 0.5) is 0 Å². The topological polar surface area (TPSA) is 0 Å². The van der Waals surface area contributed by atoms with Gasteiger partial charge >= 0.3 is 181 Å². The molecule has 1 unspecified atom stereocenters. The van der Waals surface area contributed by atoms with Gasteiger partial charge < -0.3 is 0 Å². The van der Waals surface area contributed by atoms with Gasteiger partial charge in [-0.3, -0.25) is 0 Å². The van der Waals surface area contributed by atoms with Crippen LogP contribution in [0, 0.1) is 0 Å². The zero-order valence-electron chi connectivity index (χ0n) is 19.0. The molecule has 1 aromatic rings. The summed E-state index contributed by atoms with van der Waals surface area (Å²) in [4.78, 5) is 0. The van der Waals surface area contributed by atoms with Gasteiger partial charge in [0.05, 0.1) is 0 Å². The third-order valence-corrected chi connectivity index (χ3v) is 15.3. The Balaban J connectivity index is 4.05. The molecule has 0 aliphatic heterocycles. The van der Waals surface area contributed by atoms with E-state index in [1.165, 1.54) is 16.4 Å². The Morgan fingerprint density at radius 2 is 1.00 bits per heavy atom. The van der Waals surface area contributed by atoms with Crippen molar-refractivity contribution in [3.63, 3.8) is 0 Å². The van der Waals surface area contributed by atoms with Crippen molar-refractivity contribution in [2.75, 3.05) is 0 Å². The van der Waals surface area contributed by atoms with Crippen LogP contribution in [-0.2, 0) is 30.0 Å². The summed E-state index contributed by atoms with van der Waals surface area (Å²) in [5.74, 6) is 0. The summed E-state index contributed by atoms with van der Waals surface area (Å²) in [6, 6.07) is 7.36. The van der Waals surface area contributed by atoms with Gasteiger partial charge in [0.15, 0.2) is 0 Å². The molecule has 0 heterocycles. The van der Waals surface area contributed by atoms with E-state index in [1.54, 1.807) is 0 Å². The standard InChI is InChI=1S/C23H41ClP.Pd/c1-20(2,3)17-13-18(21(4,5)6)15-19(14-17)25(16-24,22(7,8)9)23(10,11)12;/h13-16,25H,1-12H3;. The molecule has 1 rings (SSSR count). The summed E-state index contributed by atoms with van der Waals surface area (Å²) in [5.41, 5.74) is 3.06. The van der Waals surface area contributed by atoms with Crippen molar-refractivity contribution in [3.8, 4) is 0 Å². The first-order chi connectivity index (χ1) is 11.3. The molecular formula is C23H41ClPPd. The Hall–Kier alpha value is 0.602. The van der Waals surface area contributed by atoms with Crippen molar-refractivity contribution in [3.05, 3.63) is 29.3 Å². The van der Waals surface area contributed by atoms with Gasteiger partial charge in [0.1, 0.15) is 0 Å². The van der Waals surface area contributed by atoms with Crippen LogP contribution in [0.3, 0.4) is 0 Å². The van der Waals surface area contributed by atoms with Crippen molar-refractivity contribution in [1.82, 2.24) is 0 Å². The number of alkyl halides is 1. The average molecular weight is 490 g/mol. The van der Waals surface area contributed by atoms with E-state index in [2.05, 4.69) is 120 Å². The van der Waals surface area contributed by atoms with Gasteiger partial charge in [0, 0.05) is 0 Å². The fourth-order valence-corrected chi connectivity index (χ4v) is 17.8. The zero-order chi connectivity index (χ0) is 20.9. The first kappa shape index (κ1) is 24.6. The fraction of sp³-hybridized carbons (Fsp3) is 0.739. The summed E-state index contributed by atoms with van der Waals surface area (Å²) >= 11 is 10.6.